The van der Waals surface area contributed by atoms with Crippen LogP contribution in [0.25, 0.3) is 16.9 Å². The van der Waals surface area contributed by atoms with E-state index >= 15 is 0 Å². The smallest absolute Gasteiger partial charge is 0.158 e. The van der Waals surface area contributed by atoms with Crippen molar-refractivity contribution in [1.82, 2.24) is 19.6 Å². The normalized spacial score (nSPS) is 13.7. The Morgan fingerprint density at radius 3 is 3.05 bits per heavy atom. The summed E-state index contributed by atoms with van der Waals surface area (Å²) < 4.78 is 1.78. The summed E-state index contributed by atoms with van der Waals surface area (Å²) in [4.78, 5) is 8.82. The third-order valence-corrected chi connectivity index (χ3v) is 3.72. The van der Waals surface area contributed by atoms with E-state index < -0.39 is 0 Å². The molecule has 0 radical (unpaired) electrons. The molecule has 6 nitrogen and oxygen atoms in total. The molecular formula is C14H14N6. The molecule has 100 valence electrons. The zero-order valence-corrected chi connectivity index (χ0v) is 10.9. The minimum Gasteiger partial charge on any atom is -0.308 e. The standard InChI is InChI=1S/C14H14N6/c15-18-14-10-4-1-5-11(10)17-13-7-12(19-20(13)14)9-3-2-6-16-8-9/h2-3,6-8,18H,1,4-5,15H2. The number of fused-ring (bicyclic) bond motifs is 2. The maximum Gasteiger partial charge on any atom is 0.158 e. The molecule has 3 aromatic rings. The topological polar surface area (TPSA) is 81.1 Å². The van der Waals surface area contributed by atoms with Gasteiger partial charge in [-0.2, -0.15) is 9.61 Å². The van der Waals surface area contributed by atoms with Gasteiger partial charge in [0.05, 0.1) is 5.69 Å². The molecule has 3 N–H and O–H groups in total. The molecular weight excluding hydrogens is 252 g/mol. The van der Waals surface area contributed by atoms with Crippen LogP contribution in [0.5, 0.6) is 0 Å². The second kappa shape index (κ2) is 4.28. The van der Waals surface area contributed by atoms with E-state index in [1.54, 1.807) is 16.9 Å². The summed E-state index contributed by atoms with van der Waals surface area (Å²) in [6.45, 7) is 0. The molecule has 0 amide bonds. The second-order valence-corrected chi connectivity index (χ2v) is 4.92. The summed E-state index contributed by atoms with van der Waals surface area (Å²) in [6, 6.07) is 5.85. The first kappa shape index (κ1) is 11.4. The lowest BCUT2D eigenvalue weighted by Crippen LogP contribution is -2.15. The summed E-state index contributed by atoms with van der Waals surface area (Å²) in [5.41, 5.74) is 7.73. The Morgan fingerprint density at radius 1 is 1.30 bits per heavy atom. The highest BCUT2D eigenvalue weighted by molar-refractivity contribution is 5.66. The van der Waals surface area contributed by atoms with Gasteiger partial charge in [0, 0.05) is 35.3 Å². The van der Waals surface area contributed by atoms with Gasteiger partial charge in [0.1, 0.15) is 5.82 Å². The number of anilines is 1. The van der Waals surface area contributed by atoms with Gasteiger partial charge >= 0.3 is 0 Å². The van der Waals surface area contributed by atoms with Crippen LogP contribution in [0.4, 0.5) is 5.82 Å². The first-order chi connectivity index (χ1) is 9.86. The molecule has 0 unspecified atom stereocenters. The van der Waals surface area contributed by atoms with E-state index in [0.29, 0.717) is 0 Å². The van der Waals surface area contributed by atoms with Crippen molar-refractivity contribution in [2.75, 3.05) is 5.43 Å². The van der Waals surface area contributed by atoms with Crippen molar-refractivity contribution in [3.8, 4) is 11.3 Å². The number of aryl methyl sites for hydroxylation is 1. The zero-order chi connectivity index (χ0) is 13.5. The largest absolute Gasteiger partial charge is 0.308 e. The monoisotopic (exact) mass is 266 g/mol. The number of nitrogens with one attached hydrogen (secondary N) is 1. The number of hydrazine groups is 1. The lowest BCUT2D eigenvalue weighted by Gasteiger charge is -2.08. The summed E-state index contributed by atoms with van der Waals surface area (Å²) in [7, 11) is 0. The van der Waals surface area contributed by atoms with E-state index in [-0.39, 0.29) is 0 Å². The zero-order valence-electron chi connectivity index (χ0n) is 10.9. The highest BCUT2D eigenvalue weighted by atomic mass is 15.4. The second-order valence-electron chi connectivity index (χ2n) is 4.92. The fraction of sp³-hybridized carbons (Fsp3) is 0.214. The Morgan fingerprint density at radius 2 is 2.25 bits per heavy atom. The van der Waals surface area contributed by atoms with Crippen LogP contribution < -0.4 is 11.3 Å². The van der Waals surface area contributed by atoms with Crippen LogP contribution in [0.15, 0.2) is 30.6 Å². The van der Waals surface area contributed by atoms with E-state index in [1.165, 1.54) is 5.56 Å². The van der Waals surface area contributed by atoms with E-state index in [4.69, 9.17) is 10.8 Å². The molecule has 20 heavy (non-hydrogen) atoms. The van der Waals surface area contributed by atoms with Crippen LogP contribution >= 0.6 is 0 Å². The molecule has 1 aliphatic rings. The Hall–Kier alpha value is -2.47. The predicted octanol–water partition coefficient (Wildman–Crippen LogP) is 1.57. The van der Waals surface area contributed by atoms with E-state index in [0.717, 1.165) is 47.7 Å². The van der Waals surface area contributed by atoms with Gasteiger partial charge in [-0.1, -0.05) is 0 Å². The molecule has 1 aliphatic carbocycles. The molecule has 0 atom stereocenters. The van der Waals surface area contributed by atoms with Gasteiger partial charge in [-0.3, -0.25) is 4.98 Å². The third-order valence-electron chi connectivity index (χ3n) is 3.72. The lowest BCUT2D eigenvalue weighted by molar-refractivity contribution is 0.900. The van der Waals surface area contributed by atoms with Gasteiger partial charge in [-0.05, 0) is 31.4 Å². The SMILES string of the molecule is NNc1c2c(nc3cc(-c4cccnc4)nn13)CCC2. The molecule has 0 saturated carbocycles. The summed E-state index contributed by atoms with van der Waals surface area (Å²) in [5.74, 6) is 6.53. The molecule has 0 bridgehead atoms. The molecule has 0 fully saturated rings. The molecule has 4 rings (SSSR count). The summed E-state index contributed by atoms with van der Waals surface area (Å²) >= 11 is 0. The number of aromatic nitrogens is 4. The Bertz CT molecular complexity index is 777. The van der Waals surface area contributed by atoms with Crippen molar-refractivity contribution < 1.29 is 0 Å². The van der Waals surface area contributed by atoms with Crippen molar-refractivity contribution in [2.45, 2.75) is 19.3 Å². The predicted molar refractivity (Wildman–Crippen MR) is 76.1 cm³/mol. The number of nitrogens with two attached hydrogens (primary N) is 1. The van der Waals surface area contributed by atoms with Crippen LogP contribution in [-0.4, -0.2) is 19.6 Å². The number of nitrogen functional groups attached to an aromatic ring is 1. The Balaban J connectivity index is 1.96. The van der Waals surface area contributed by atoms with Crippen LogP contribution in [0.1, 0.15) is 17.7 Å². The van der Waals surface area contributed by atoms with Crippen LogP contribution in [0.3, 0.4) is 0 Å². The van der Waals surface area contributed by atoms with Crippen molar-refractivity contribution in [1.29, 1.82) is 0 Å². The van der Waals surface area contributed by atoms with E-state index in [9.17, 15) is 0 Å². The van der Waals surface area contributed by atoms with Gasteiger partial charge in [-0.25, -0.2) is 10.8 Å². The first-order valence-electron chi connectivity index (χ1n) is 6.65. The lowest BCUT2D eigenvalue weighted by atomic mass is 10.2. The number of hydrogen-bond donors (Lipinski definition) is 2. The fourth-order valence-electron chi connectivity index (χ4n) is 2.79. The Labute approximate surface area is 115 Å². The quantitative estimate of drug-likeness (QED) is 0.543. The number of hydrogen-bond acceptors (Lipinski definition) is 5. The van der Waals surface area contributed by atoms with E-state index in [1.807, 2.05) is 18.2 Å². The van der Waals surface area contributed by atoms with Gasteiger partial charge < -0.3 is 5.43 Å². The average Bonchev–Trinajstić information content (AvgIpc) is 3.11. The number of pyridine rings is 1. The van der Waals surface area contributed by atoms with Crippen LogP contribution in [0, 0.1) is 0 Å². The van der Waals surface area contributed by atoms with Crippen LogP contribution in [-0.2, 0) is 12.8 Å². The highest BCUT2D eigenvalue weighted by Gasteiger charge is 2.20. The third kappa shape index (κ3) is 1.58. The maximum absolute atomic E-state index is 5.69. The molecule has 0 aliphatic heterocycles. The molecule has 0 saturated heterocycles. The summed E-state index contributed by atoms with van der Waals surface area (Å²) in [5, 5.41) is 4.60. The minimum absolute atomic E-state index is 0.817. The summed E-state index contributed by atoms with van der Waals surface area (Å²) in [6.07, 6.45) is 6.68. The van der Waals surface area contributed by atoms with Gasteiger partial charge in [0.15, 0.2) is 5.65 Å². The molecule has 3 heterocycles. The highest BCUT2D eigenvalue weighted by Crippen LogP contribution is 2.29. The average molecular weight is 266 g/mol. The van der Waals surface area contributed by atoms with Crippen LogP contribution in [0.2, 0.25) is 0 Å². The van der Waals surface area contributed by atoms with Crippen molar-refractivity contribution in [3.05, 3.63) is 41.9 Å². The molecule has 0 spiro atoms. The van der Waals surface area contributed by atoms with Gasteiger partial charge in [-0.15, -0.1) is 0 Å². The maximum atomic E-state index is 5.69. The van der Waals surface area contributed by atoms with Crippen molar-refractivity contribution in [3.63, 3.8) is 0 Å². The van der Waals surface area contributed by atoms with Gasteiger partial charge in [0.2, 0.25) is 0 Å². The molecule has 6 heteroatoms. The number of nitrogens with zero attached hydrogens (tertiary/aromatic N) is 4. The molecule has 0 aromatic carbocycles. The van der Waals surface area contributed by atoms with Crippen molar-refractivity contribution in [2.24, 2.45) is 5.84 Å². The van der Waals surface area contributed by atoms with Gasteiger partial charge in [0.25, 0.3) is 0 Å². The van der Waals surface area contributed by atoms with Crippen molar-refractivity contribution >= 4 is 11.5 Å². The minimum atomic E-state index is 0.817. The number of rotatable bonds is 2. The molecule has 3 aromatic heterocycles. The van der Waals surface area contributed by atoms with E-state index in [2.05, 4.69) is 15.5 Å². The Kier molecular flexibility index (Phi) is 2.43. The fourth-order valence-corrected chi connectivity index (χ4v) is 2.79. The first-order valence-corrected chi connectivity index (χ1v) is 6.65.